The average Bonchev–Trinajstić information content (AvgIpc) is 3.43. The fraction of sp³-hybridized carbons (Fsp3) is 0.667. The lowest BCUT2D eigenvalue weighted by Crippen LogP contribution is -2.38. The molecule has 2 saturated heterocycles. The summed E-state index contributed by atoms with van der Waals surface area (Å²) in [5, 5.41) is 6.67. The molecule has 3 rings (SSSR count). The Bertz CT molecular complexity index is 677. The van der Waals surface area contributed by atoms with Crippen molar-refractivity contribution < 1.29 is 14.3 Å². The van der Waals surface area contributed by atoms with Gasteiger partial charge in [-0.3, -0.25) is 9.79 Å². The van der Waals surface area contributed by atoms with Crippen LogP contribution < -0.4 is 10.6 Å². The van der Waals surface area contributed by atoms with Gasteiger partial charge in [0.2, 0.25) is 5.91 Å². The van der Waals surface area contributed by atoms with Gasteiger partial charge >= 0.3 is 0 Å². The zero-order valence-electron chi connectivity index (χ0n) is 18.9. The Labute approximate surface area is 186 Å². The summed E-state index contributed by atoms with van der Waals surface area (Å²) in [5.74, 6) is 1.92. The summed E-state index contributed by atoms with van der Waals surface area (Å²) < 4.78 is 11.1. The third kappa shape index (κ3) is 8.50. The summed E-state index contributed by atoms with van der Waals surface area (Å²) in [6, 6.07) is 10.3. The van der Waals surface area contributed by atoms with Crippen molar-refractivity contribution in [3.63, 3.8) is 0 Å². The van der Waals surface area contributed by atoms with E-state index in [0.717, 1.165) is 77.8 Å². The van der Waals surface area contributed by atoms with Crippen LogP contribution in [-0.4, -0.2) is 75.9 Å². The molecule has 2 unspecified atom stereocenters. The predicted molar refractivity (Wildman–Crippen MR) is 123 cm³/mol. The molecule has 7 nitrogen and oxygen atoms in total. The second kappa shape index (κ2) is 13.3. The highest BCUT2D eigenvalue weighted by molar-refractivity contribution is 5.80. The average molecular weight is 431 g/mol. The number of amides is 1. The van der Waals surface area contributed by atoms with Crippen LogP contribution in [0.3, 0.4) is 0 Å². The van der Waals surface area contributed by atoms with Crippen LogP contribution in [0, 0.1) is 11.8 Å². The van der Waals surface area contributed by atoms with Crippen LogP contribution in [0.5, 0.6) is 0 Å². The van der Waals surface area contributed by atoms with Crippen molar-refractivity contribution >= 4 is 11.9 Å². The first-order chi connectivity index (χ1) is 15.2. The van der Waals surface area contributed by atoms with E-state index in [-0.39, 0.29) is 11.8 Å². The second-order valence-corrected chi connectivity index (χ2v) is 8.45. The van der Waals surface area contributed by atoms with E-state index in [1.807, 2.05) is 23.1 Å². The maximum absolute atomic E-state index is 12.4. The van der Waals surface area contributed by atoms with Crippen molar-refractivity contribution in [3.05, 3.63) is 35.9 Å². The van der Waals surface area contributed by atoms with E-state index in [4.69, 9.17) is 14.5 Å². The third-order valence-electron chi connectivity index (χ3n) is 5.80. The van der Waals surface area contributed by atoms with Gasteiger partial charge in [-0.25, -0.2) is 0 Å². The molecule has 1 aromatic carbocycles. The molecule has 0 bridgehead atoms. The maximum atomic E-state index is 12.4. The van der Waals surface area contributed by atoms with Crippen LogP contribution >= 0.6 is 0 Å². The van der Waals surface area contributed by atoms with Crippen molar-refractivity contribution in [1.82, 2.24) is 15.5 Å². The number of ether oxygens (including phenoxy) is 2. The molecule has 2 aliphatic rings. The van der Waals surface area contributed by atoms with Crippen LogP contribution in [0.1, 0.15) is 31.7 Å². The first kappa shape index (κ1) is 23.5. The lowest BCUT2D eigenvalue weighted by atomic mass is 10.1. The smallest absolute Gasteiger partial charge is 0.223 e. The van der Waals surface area contributed by atoms with Gasteiger partial charge in [-0.05, 0) is 31.7 Å². The number of carbonyl (C=O) groups is 1. The maximum Gasteiger partial charge on any atom is 0.223 e. The minimum absolute atomic E-state index is 0.249. The fourth-order valence-corrected chi connectivity index (χ4v) is 4.01. The lowest BCUT2D eigenvalue weighted by Gasteiger charge is -2.16. The number of benzene rings is 1. The number of aliphatic imine (C=N–C) groups is 1. The number of nitrogens with one attached hydrogen (secondary N) is 2. The Balaban J connectivity index is 1.32. The van der Waals surface area contributed by atoms with E-state index < -0.39 is 0 Å². The number of hydrogen-bond acceptors (Lipinski definition) is 4. The van der Waals surface area contributed by atoms with Crippen molar-refractivity contribution in [2.75, 3.05) is 59.2 Å². The van der Waals surface area contributed by atoms with Gasteiger partial charge in [-0.1, -0.05) is 30.3 Å². The zero-order chi connectivity index (χ0) is 21.7. The highest BCUT2D eigenvalue weighted by Crippen LogP contribution is 2.18. The molecule has 1 aromatic rings. The highest BCUT2D eigenvalue weighted by Gasteiger charge is 2.29. The number of likely N-dealkylation sites (tertiary alicyclic amines) is 1. The van der Waals surface area contributed by atoms with Gasteiger partial charge in [-0.2, -0.15) is 0 Å². The summed E-state index contributed by atoms with van der Waals surface area (Å²) in [6.07, 6.45) is 3.55. The van der Waals surface area contributed by atoms with Crippen LogP contribution in [0.4, 0.5) is 0 Å². The van der Waals surface area contributed by atoms with Crippen molar-refractivity contribution in [2.45, 2.75) is 32.6 Å². The minimum Gasteiger partial charge on any atom is -0.381 e. The van der Waals surface area contributed by atoms with Gasteiger partial charge < -0.3 is 25.0 Å². The van der Waals surface area contributed by atoms with Crippen LogP contribution in [0.25, 0.3) is 0 Å². The summed E-state index contributed by atoms with van der Waals surface area (Å²) in [4.78, 5) is 19.1. The second-order valence-electron chi connectivity index (χ2n) is 8.45. The summed E-state index contributed by atoms with van der Waals surface area (Å²) in [5.41, 5.74) is 1.27. The van der Waals surface area contributed by atoms with E-state index >= 15 is 0 Å². The monoisotopic (exact) mass is 430 g/mol. The lowest BCUT2D eigenvalue weighted by molar-refractivity contribution is -0.127. The molecule has 0 aromatic heterocycles. The summed E-state index contributed by atoms with van der Waals surface area (Å²) in [7, 11) is 0. The highest BCUT2D eigenvalue weighted by atomic mass is 16.5. The van der Waals surface area contributed by atoms with Gasteiger partial charge in [0.05, 0.1) is 13.2 Å². The molecule has 31 heavy (non-hydrogen) atoms. The first-order valence-corrected chi connectivity index (χ1v) is 11.7. The molecular weight excluding hydrogens is 392 g/mol. The zero-order valence-corrected chi connectivity index (χ0v) is 18.9. The Morgan fingerprint density at radius 3 is 2.90 bits per heavy atom. The molecule has 2 atom stereocenters. The molecule has 0 aliphatic carbocycles. The Hall–Kier alpha value is -2.12. The van der Waals surface area contributed by atoms with E-state index in [9.17, 15) is 4.79 Å². The van der Waals surface area contributed by atoms with Crippen LogP contribution in [0.2, 0.25) is 0 Å². The number of nitrogens with zero attached hydrogens (tertiary/aromatic N) is 2. The van der Waals surface area contributed by atoms with Crippen molar-refractivity contribution in [3.8, 4) is 0 Å². The summed E-state index contributed by atoms with van der Waals surface area (Å²) in [6.45, 7) is 9.20. The number of rotatable bonds is 12. The van der Waals surface area contributed by atoms with Crippen molar-refractivity contribution in [1.29, 1.82) is 0 Å². The molecule has 2 N–H and O–H groups in total. The minimum atomic E-state index is 0.249. The Morgan fingerprint density at radius 1 is 1.26 bits per heavy atom. The van der Waals surface area contributed by atoms with Gasteiger partial charge in [0.15, 0.2) is 5.96 Å². The molecule has 2 heterocycles. The Morgan fingerprint density at radius 2 is 2.13 bits per heavy atom. The molecular formula is C24H38N4O3. The quantitative estimate of drug-likeness (QED) is 0.302. The number of guanidine groups is 1. The molecule has 0 spiro atoms. The van der Waals surface area contributed by atoms with E-state index in [0.29, 0.717) is 18.9 Å². The molecule has 172 valence electrons. The van der Waals surface area contributed by atoms with Crippen LogP contribution in [-0.2, 0) is 20.7 Å². The SMILES string of the molecule is CCNC(=NCC1CC(=O)N(CCc2ccccc2)C1)NCCCOCC1CCOC1. The molecule has 0 saturated carbocycles. The van der Waals surface area contributed by atoms with E-state index in [1.165, 1.54) is 5.56 Å². The van der Waals surface area contributed by atoms with Gasteiger partial charge in [0.1, 0.15) is 0 Å². The molecule has 2 aliphatic heterocycles. The summed E-state index contributed by atoms with van der Waals surface area (Å²) >= 11 is 0. The molecule has 7 heteroatoms. The fourth-order valence-electron chi connectivity index (χ4n) is 4.01. The largest absolute Gasteiger partial charge is 0.381 e. The molecule has 1 amide bonds. The first-order valence-electron chi connectivity index (χ1n) is 11.7. The van der Waals surface area contributed by atoms with Crippen LogP contribution in [0.15, 0.2) is 35.3 Å². The molecule has 0 radical (unpaired) electrons. The van der Waals surface area contributed by atoms with E-state index in [2.05, 4.69) is 29.7 Å². The van der Waals surface area contributed by atoms with Gasteiger partial charge in [-0.15, -0.1) is 0 Å². The standard InChI is InChI=1S/C24H38N4O3/c1-2-25-24(26-11-6-13-30-18-21-10-14-31-19-21)27-16-22-15-23(29)28(17-22)12-9-20-7-4-3-5-8-20/h3-5,7-8,21-22H,2,6,9-19H2,1H3,(H2,25,26,27). The van der Waals surface area contributed by atoms with E-state index in [1.54, 1.807) is 0 Å². The topological polar surface area (TPSA) is 75.2 Å². The molecule has 2 fully saturated rings. The van der Waals surface area contributed by atoms with Gasteiger partial charge in [0, 0.05) is 64.2 Å². The Kier molecular flexibility index (Phi) is 10.1. The number of hydrogen-bond donors (Lipinski definition) is 2. The number of carbonyl (C=O) groups excluding carboxylic acids is 1. The van der Waals surface area contributed by atoms with Crippen molar-refractivity contribution in [2.24, 2.45) is 16.8 Å². The normalized spacial score (nSPS) is 21.6. The van der Waals surface area contributed by atoms with Gasteiger partial charge in [0.25, 0.3) is 0 Å². The predicted octanol–water partition coefficient (Wildman–Crippen LogP) is 2.08. The third-order valence-corrected chi connectivity index (χ3v) is 5.80.